The van der Waals surface area contributed by atoms with Gasteiger partial charge >= 0.3 is 5.97 Å². The van der Waals surface area contributed by atoms with E-state index in [0.717, 1.165) is 49.0 Å². The van der Waals surface area contributed by atoms with Gasteiger partial charge in [-0.3, -0.25) is 14.5 Å². The molecule has 0 aromatic heterocycles. The molecule has 4 fully saturated rings. The van der Waals surface area contributed by atoms with Gasteiger partial charge in [-0.05, 0) is 20.8 Å². The Bertz CT molecular complexity index is 791. The molecule has 5 heterocycles. The molecule has 5 rings (SSSR count). The van der Waals surface area contributed by atoms with Gasteiger partial charge in [0.05, 0.1) is 25.0 Å². The van der Waals surface area contributed by atoms with E-state index >= 15 is 0 Å². The van der Waals surface area contributed by atoms with Gasteiger partial charge in [0.2, 0.25) is 11.8 Å². The van der Waals surface area contributed by atoms with Crippen LogP contribution in [0.15, 0.2) is 11.3 Å². The lowest BCUT2D eigenvalue weighted by Gasteiger charge is -2.55. The van der Waals surface area contributed by atoms with Crippen LogP contribution >= 0.6 is 24.2 Å². The summed E-state index contributed by atoms with van der Waals surface area (Å²) in [4.78, 5) is 39.0. The molecule has 0 unspecified atom stereocenters. The number of primary amides is 1. The highest BCUT2D eigenvalue weighted by Crippen LogP contribution is 2.46. The number of amides is 2. The zero-order chi connectivity index (χ0) is 21.2. The largest absolute Gasteiger partial charge is 1.00 e. The average Bonchev–Trinajstić information content (AvgIpc) is 2.66. The van der Waals surface area contributed by atoms with E-state index in [2.05, 4.69) is 0 Å². The van der Waals surface area contributed by atoms with Crippen LogP contribution in [-0.2, 0) is 19.1 Å². The highest BCUT2D eigenvalue weighted by Gasteiger charge is 2.56. The number of nitrogens with zero attached hydrogens (tertiary/aromatic N) is 2. The maximum atomic E-state index is 13.1. The number of rotatable bonds is 4. The van der Waals surface area contributed by atoms with Crippen molar-refractivity contribution in [2.45, 2.75) is 57.1 Å². The Morgan fingerprint density at radius 1 is 1.23 bits per heavy atom. The van der Waals surface area contributed by atoms with Gasteiger partial charge in [-0.1, -0.05) is 0 Å². The summed E-state index contributed by atoms with van der Waals surface area (Å²) < 4.78 is 6.49. The first-order valence-corrected chi connectivity index (χ1v) is 11.3. The van der Waals surface area contributed by atoms with E-state index in [-0.39, 0.29) is 52.0 Å². The van der Waals surface area contributed by atoms with E-state index in [0.29, 0.717) is 18.0 Å². The summed E-state index contributed by atoms with van der Waals surface area (Å²) >= 11 is 1.62. The van der Waals surface area contributed by atoms with Gasteiger partial charge in [0.1, 0.15) is 29.3 Å². The van der Waals surface area contributed by atoms with E-state index in [1.165, 1.54) is 0 Å². The number of carbonyl (C=O) groups is 3. The Morgan fingerprint density at radius 3 is 2.26 bits per heavy atom. The van der Waals surface area contributed by atoms with Crippen LogP contribution in [0.25, 0.3) is 0 Å². The molecule has 8 nitrogen and oxygen atoms in total. The van der Waals surface area contributed by atoms with Crippen molar-refractivity contribution < 1.29 is 40.6 Å². The van der Waals surface area contributed by atoms with Crippen LogP contribution < -0.4 is 28.4 Å². The van der Waals surface area contributed by atoms with E-state index < -0.39 is 17.6 Å². The van der Waals surface area contributed by atoms with Gasteiger partial charge in [0, 0.05) is 30.6 Å². The Balaban J connectivity index is 0.00000171. The fourth-order valence-electron chi connectivity index (χ4n) is 5.09. The van der Waals surface area contributed by atoms with E-state index in [9.17, 15) is 14.4 Å². The second-order valence-corrected chi connectivity index (χ2v) is 11.1. The van der Waals surface area contributed by atoms with E-state index in [1.807, 2.05) is 20.8 Å². The lowest BCUT2D eigenvalue weighted by Crippen LogP contribution is -3.00. The Hall–Kier alpha value is -0.810. The molecule has 0 saturated carbocycles. The summed E-state index contributed by atoms with van der Waals surface area (Å²) in [6.07, 6.45) is 2.38. The maximum absolute atomic E-state index is 13.1. The number of quaternary nitrogens is 1. The lowest BCUT2D eigenvalue weighted by atomic mass is 9.70. The number of β-lactam (4-membered cyclic amide) rings is 1. The van der Waals surface area contributed by atoms with Crippen molar-refractivity contribution in [3.63, 3.8) is 0 Å². The summed E-state index contributed by atoms with van der Waals surface area (Å²) in [5, 5.41) is -0.195. The summed E-state index contributed by atoms with van der Waals surface area (Å²) in [5.41, 5.74) is 12.0. The first-order chi connectivity index (χ1) is 13.5. The highest BCUT2D eigenvalue weighted by atomic mass is 79.9. The minimum atomic E-state index is -0.644. The van der Waals surface area contributed by atoms with Crippen molar-refractivity contribution in [3.05, 3.63) is 11.3 Å². The van der Waals surface area contributed by atoms with Crippen LogP contribution in [0, 0.1) is 5.41 Å². The molecule has 176 valence electrons. The van der Waals surface area contributed by atoms with E-state index in [1.54, 1.807) is 16.7 Å². The fourth-order valence-corrected chi connectivity index (χ4v) is 6.37. The number of hydrogen-bond donors (Lipinski definition) is 2. The van der Waals surface area contributed by atoms with Crippen LogP contribution in [0.4, 0.5) is 0 Å². The summed E-state index contributed by atoms with van der Waals surface area (Å²) in [6, 6.07) is -0.563. The number of hydrogen-bond acceptors (Lipinski definition) is 6. The van der Waals surface area contributed by atoms with Crippen molar-refractivity contribution in [1.29, 1.82) is 0 Å². The smallest absolute Gasteiger partial charge is 0.355 e. The Labute approximate surface area is 204 Å². The molecule has 0 aliphatic carbocycles. The van der Waals surface area contributed by atoms with Gasteiger partial charge in [-0.2, -0.15) is 0 Å². The molecule has 4 N–H and O–H groups in total. The fraction of sp³-hybridized carbons (Fsp3) is 0.750. The third-order valence-electron chi connectivity index (χ3n) is 6.92. The first-order valence-electron chi connectivity index (χ1n) is 10.3. The zero-order valence-corrected chi connectivity index (χ0v) is 21.4. The number of thioether (sulfide) groups is 1. The molecule has 4 saturated heterocycles. The molecule has 0 aromatic rings. The molecule has 2 bridgehead atoms. The van der Waals surface area contributed by atoms with Crippen LogP contribution in [0.3, 0.4) is 0 Å². The van der Waals surface area contributed by atoms with Crippen molar-refractivity contribution in [3.8, 4) is 0 Å². The molecule has 0 aromatic carbocycles. The lowest BCUT2D eigenvalue weighted by molar-refractivity contribution is -0.940. The topological polar surface area (TPSA) is 116 Å². The zero-order valence-electron chi connectivity index (χ0n) is 18.2. The summed E-state index contributed by atoms with van der Waals surface area (Å²) in [6.45, 7) is 8.78. The maximum Gasteiger partial charge on any atom is 0.355 e. The van der Waals surface area contributed by atoms with Gasteiger partial charge < -0.3 is 37.7 Å². The van der Waals surface area contributed by atoms with Crippen LogP contribution in [0.1, 0.15) is 40.0 Å². The molecule has 2 atom stereocenters. The SMILES string of the molecule is CC(C)(C)OC(=O)C1=C(C[N+]23CCC(C(N)=O)(CC2)CC3)CS[C@@H]2[C@H](N)C(=O)N12.Cl.[Br-]. The summed E-state index contributed by atoms with van der Waals surface area (Å²) in [5.74, 6) is -0.181. The van der Waals surface area contributed by atoms with Crippen molar-refractivity contribution in [2.24, 2.45) is 16.9 Å². The minimum absolute atomic E-state index is 0. The van der Waals surface area contributed by atoms with Gasteiger partial charge in [0.25, 0.3) is 0 Å². The third-order valence-corrected chi connectivity index (χ3v) is 8.28. The predicted octanol–water partition coefficient (Wildman–Crippen LogP) is -2.26. The van der Waals surface area contributed by atoms with Crippen LogP contribution in [0.5, 0.6) is 0 Å². The van der Waals surface area contributed by atoms with Crippen molar-refractivity contribution in [1.82, 2.24) is 4.90 Å². The van der Waals surface area contributed by atoms with Gasteiger partial charge in [-0.15, -0.1) is 24.2 Å². The molecule has 31 heavy (non-hydrogen) atoms. The van der Waals surface area contributed by atoms with Gasteiger partial charge in [0.15, 0.2) is 0 Å². The molecule has 2 amide bonds. The van der Waals surface area contributed by atoms with Crippen LogP contribution in [-0.4, -0.2) is 76.1 Å². The number of carbonyl (C=O) groups excluding carboxylic acids is 3. The van der Waals surface area contributed by atoms with Crippen molar-refractivity contribution >= 4 is 42.0 Å². The number of piperidine rings is 3. The number of esters is 1. The van der Waals surface area contributed by atoms with Crippen LogP contribution in [0.2, 0.25) is 0 Å². The molecule has 0 spiro atoms. The number of nitrogens with two attached hydrogens (primary N) is 2. The first kappa shape index (κ1) is 26.4. The quantitative estimate of drug-likeness (QED) is 0.237. The monoisotopic (exact) mass is 538 g/mol. The normalized spacial score (nSPS) is 34.2. The molecular weight excluding hydrogens is 508 g/mol. The molecule has 5 aliphatic heterocycles. The Morgan fingerprint density at radius 2 is 1.77 bits per heavy atom. The predicted molar refractivity (Wildman–Crippen MR) is 116 cm³/mol. The molecule has 5 aliphatic rings. The minimum Gasteiger partial charge on any atom is -1.00 e. The molecular formula is C20H32BrClN4O4S. The average molecular weight is 540 g/mol. The molecule has 11 heteroatoms. The number of ether oxygens (including phenoxy) is 1. The second-order valence-electron chi connectivity index (χ2n) is 9.95. The van der Waals surface area contributed by atoms with Crippen molar-refractivity contribution in [2.75, 3.05) is 31.9 Å². The summed E-state index contributed by atoms with van der Waals surface area (Å²) in [7, 11) is 0. The highest BCUT2D eigenvalue weighted by molar-refractivity contribution is 8.00. The third kappa shape index (κ3) is 4.51. The Kier molecular flexibility index (Phi) is 7.55. The number of fused-ring (bicyclic) bond motifs is 4. The van der Waals surface area contributed by atoms with E-state index in [4.69, 9.17) is 16.2 Å². The van der Waals surface area contributed by atoms with Gasteiger partial charge in [-0.25, -0.2) is 4.79 Å². The standard InChI is InChI=1S/C20H30N4O4S.BrH.ClH/c1-19(2,3)28-17(26)14-12(11-29-16-13(21)15(25)23(14)16)10-24-7-4-20(5-8-24,6-9-24)18(22)27;;/h13,16H,4-11,21H2,1-3H3,(H-,22,27);2*1H/t13-,16-,20?,24?;;/m1../s1. The number of halogens is 2. The molecule has 0 radical (unpaired) electrons. The second kappa shape index (κ2) is 8.85.